The first kappa shape index (κ1) is 37.5. The van der Waals surface area contributed by atoms with Crippen molar-refractivity contribution in [3.63, 3.8) is 0 Å². The molecule has 0 fully saturated rings. The van der Waals surface area contributed by atoms with Gasteiger partial charge in [-0.25, -0.2) is 0 Å². The monoisotopic (exact) mass is 947 g/mol. The minimum absolute atomic E-state index is 0. The van der Waals surface area contributed by atoms with Crippen molar-refractivity contribution in [1.29, 1.82) is 0 Å². The van der Waals surface area contributed by atoms with Crippen LogP contribution in [0.5, 0.6) is 11.5 Å². The van der Waals surface area contributed by atoms with E-state index in [-0.39, 0.29) is 31.9 Å². The Morgan fingerprint density at radius 1 is 0.441 bits per heavy atom. The van der Waals surface area contributed by atoms with E-state index in [2.05, 4.69) is 232 Å². The number of para-hydroxylation sites is 6. The number of hydrogen-bond donors (Lipinski definition) is 0. The SMILES string of the molecule is CC(C)(C)c1ccc2c(c1)C1(c3[c-]c(ccc3)N3[CH-]N(c4ccccc43)c3ccccc3N3[CH-]N(c4[c-]c1ccc4)c1ccccc13)c1cc(C(C)(C)C)ccc1O2.[Pt+4]. The van der Waals surface area contributed by atoms with Gasteiger partial charge in [0.15, 0.2) is 0 Å². The first-order valence-corrected chi connectivity index (χ1v) is 20.2. The van der Waals surface area contributed by atoms with Crippen molar-refractivity contribution < 1.29 is 25.8 Å². The number of rotatable bonds is 0. The van der Waals surface area contributed by atoms with E-state index in [4.69, 9.17) is 4.74 Å². The predicted octanol–water partition coefficient (Wildman–Crippen LogP) is 13.5. The van der Waals surface area contributed by atoms with Gasteiger partial charge in [0, 0.05) is 50.7 Å². The van der Waals surface area contributed by atoms with Gasteiger partial charge in [0.2, 0.25) is 0 Å². The summed E-state index contributed by atoms with van der Waals surface area (Å²) >= 11 is 0. The Hall–Kier alpha value is -5.77. The number of fused-ring (bicyclic) bond motifs is 25. The Morgan fingerprint density at radius 2 is 0.797 bits per heavy atom. The van der Waals surface area contributed by atoms with Gasteiger partial charge in [-0.2, -0.15) is 48.5 Å². The summed E-state index contributed by atoms with van der Waals surface area (Å²) in [6, 6.07) is 60.9. The number of nitrogens with zero attached hydrogens (tertiary/aromatic N) is 4. The molecule has 4 aliphatic rings. The molecule has 6 heteroatoms. The second kappa shape index (κ2) is 13.4. The number of hydrogen-bond acceptors (Lipinski definition) is 5. The van der Waals surface area contributed by atoms with Gasteiger partial charge >= 0.3 is 21.1 Å². The maximum absolute atomic E-state index is 6.96. The van der Waals surface area contributed by atoms with Crippen LogP contribution in [-0.4, -0.2) is 0 Å². The molecular formula is C53H44N4OPt. The van der Waals surface area contributed by atoms with Crippen molar-refractivity contribution in [2.45, 2.75) is 57.8 Å². The van der Waals surface area contributed by atoms with Gasteiger partial charge in [0.25, 0.3) is 0 Å². The smallest absolute Gasteiger partial charge is 0.493 e. The van der Waals surface area contributed by atoms with Gasteiger partial charge in [-0.05, 0) is 70.5 Å². The van der Waals surface area contributed by atoms with Crippen LogP contribution in [-0.2, 0) is 37.3 Å². The zero-order valence-electron chi connectivity index (χ0n) is 34.0. The Kier molecular flexibility index (Phi) is 8.50. The van der Waals surface area contributed by atoms with Crippen molar-refractivity contribution in [3.8, 4) is 11.5 Å². The molecule has 0 aliphatic carbocycles. The summed E-state index contributed by atoms with van der Waals surface area (Å²) < 4.78 is 6.96. The summed E-state index contributed by atoms with van der Waals surface area (Å²) in [5.74, 6) is 1.67. The van der Waals surface area contributed by atoms with Crippen molar-refractivity contribution in [2.24, 2.45) is 0 Å². The number of ether oxygens (including phenoxy) is 1. The summed E-state index contributed by atoms with van der Waals surface area (Å²) in [4.78, 5) is 9.21. The average molecular weight is 948 g/mol. The van der Waals surface area contributed by atoms with Gasteiger partial charge in [-0.1, -0.05) is 102 Å². The molecule has 292 valence electrons. The third kappa shape index (κ3) is 5.61. The van der Waals surface area contributed by atoms with Crippen LogP contribution >= 0.6 is 0 Å². The molecule has 59 heavy (non-hydrogen) atoms. The van der Waals surface area contributed by atoms with Gasteiger partial charge in [0.05, 0.1) is 0 Å². The molecule has 0 saturated carbocycles. The molecule has 8 bridgehead atoms. The molecule has 0 aromatic heterocycles. The van der Waals surface area contributed by atoms with Gasteiger partial charge in [0.1, 0.15) is 11.5 Å². The maximum atomic E-state index is 6.96. The summed E-state index contributed by atoms with van der Waals surface area (Å²) in [6.45, 7) is 18.1. The predicted molar refractivity (Wildman–Crippen MR) is 236 cm³/mol. The molecule has 5 nitrogen and oxygen atoms in total. The minimum atomic E-state index is -0.863. The summed E-state index contributed by atoms with van der Waals surface area (Å²) in [6.07, 6.45) is 0. The van der Waals surface area contributed by atoms with Crippen LogP contribution in [0.4, 0.5) is 45.5 Å². The van der Waals surface area contributed by atoms with Gasteiger partial charge < -0.3 is 24.3 Å². The molecule has 0 radical (unpaired) electrons. The molecule has 4 heterocycles. The van der Waals surface area contributed by atoms with E-state index in [0.717, 1.165) is 79.3 Å². The second-order valence-corrected chi connectivity index (χ2v) is 17.9. The van der Waals surface area contributed by atoms with Gasteiger partial charge in [-0.3, -0.25) is 0 Å². The van der Waals surface area contributed by atoms with E-state index in [1.165, 1.54) is 11.1 Å². The molecule has 0 atom stereocenters. The largest absolute Gasteiger partial charge is 4.00 e. The van der Waals surface area contributed by atoms with Crippen LogP contribution in [0.25, 0.3) is 0 Å². The van der Waals surface area contributed by atoms with Crippen LogP contribution in [0.2, 0.25) is 0 Å². The quantitative estimate of drug-likeness (QED) is 0.141. The summed E-state index contributed by atoms with van der Waals surface area (Å²) in [5, 5.41) is 0. The molecule has 7 aromatic carbocycles. The van der Waals surface area contributed by atoms with E-state index in [1.54, 1.807) is 0 Å². The molecule has 4 aliphatic heterocycles. The van der Waals surface area contributed by atoms with E-state index >= 15 is 0 Å². The molecule has 0 saturated heterocycles. The zero-order chi connectivity index (χ0) is 39.6. The fourth-order valence-electron chi connectivity index (χ4n) is 9.24. The molecule has 1 spiro atoms. The average Bonchev–Trinajstić information content (AvgIpc) is 3.81. The van der Waals surface area contributed by atoms with Crippen molar-refractivity contribution in [2.75, 3.05) is 19.6 Å². The minimum Gasteiger partial charge on any atom is -0.493 e. The van der Waals surface area contributed by atoms with Crippen molar-refractivity contribution >= 4 is 45.5 Å². The van der Waals surface area contributed by atoms with Crippen LogP contribution in [0.15, 0.2) is 146 Å². The molecule has 0 amide bonds. The molecular weight excluding hydrogens is 904 g/mol. The standard InChI is InChI=1S/C53H44N4O.Pt/c1-51(2,3)35-25-27-49-41(31-35)53(42-32-36(52(4,5)6)26-28-50(42)58-49)37-15-13-17-39(29-37)54-33-56(45-21-9-7-19-43(45)54)47-23-11-12-24-48(47)57-34-55(40-18-14-16-38(53)30-40)44-20-8-10-22-46(44)57;/h7-28,31-34H,1-6H3;/q-4;+4. The fraction of sp³-hybridized carbons (Fsp3) is 0.170. The Bertz CT molecular complexity index is 2610. The summed E-state index contributed by atoms with van der Waals surface area (Å²) in [5.41, 5.74) is 14.0. The molecule has 11 rings (SSSR count). The Labute approximate surface area is 362 Å². The van der Waals surface area contributed by atoms with E-state index < -0.39 is 5.41 Å². The van der Waals surface area contributed by atoms with Crippen LogP contribution in [0.3, 0.4) is 0 Å². The zero-order valence-corrected chi connectivity index (χ0v) is 36.3. The van der Waals surface area contributed by atoms with Crippen LogP contribution < -0.4 is 24.3 Å². The first-order valence-electron chi connectivity index (χ1n) is 20.2. The summed E-state index contributed by atoms with van der Waals surface area (Å²) in [7, 11) is 0. The maximum Gasteiger partial charge on any atom is 4.00 e. The van der Waals surface area contributed by atoms with Crippen molar-refractivity contribution in [3.05, 3.63) is 204 Å². The molecule has 0 N–H and O–H groups in total. The Balaban J connectivity index is 0.00000420. The third-order valence-corrected chi connectivity index (χ3v) is 12.3. The van der Waals surface area contributed by atoms with Gasteiger partial charge in [-0.15, -0.1) is 35.8 Å². The first-order chi connectivity index (χ1) is 28.0. The normalized spacial score (nSPS) is 15.5. The van der Waals surface area contributed by atoms with Crippen molar-refractivity contribution in [1.82, 2.24) is 0 Å². The second-order valence-electron chi connectivity index (χ2n) is 17.9. The number of benzene rings is 7. The fourth-order valence-corrected chi connectivity index (χ4v) is 9.24. The Morgan fingerprint density at radius 3 is 1.15 bits per heavy atom. The topological polar surface area (TPSA) is 22.2 Å². The van der Waals surface area contributed by atoms with Crippen LogP contribution in [0, 0.1) is 25.5 Å². The van der Waals surface area contributed by atoms with E-state index in [1.807, 2.05) is 0 Å². The van der Waals surface area contributed by atoms with Crippen LogP contribution in [0.1, 0.15) is 74.9 Å². The third-order valence-electron chi connectivity index (χ3n) is 12.3. The number of anilines is 8. The van der Waals surface area contributed by atoms with E-state index in [9.17, 15) is 0 Å². The molecule has 7 aromatic rings. The van der Waals surface area contributed by atoms with E-state index in [0.29, 0.717) is 0 Å². The molecule has 0 unspecified atom stereocenters.